The molecule has 4 heteroatoms. The van der Waals surface area contributed by atoms with E-state index in [4.69, 9.17) is 10.5 Å². The summed E-state index contributed by atoms with van der Waals surface area (Å²) in [5.41, 5.74) is 6.38. The average molecular weight is 236 g/mol. The van der Waals surface area contributed by atoms with Gasteiger partial charge in [-0.05, 0) is 25.5 Å². The van der Waals surface area contributed by atoms with E-state index in [2.05, 4.69) is 5.32 Å². The van der Waals surface area contributed by atoms with Crippen LogP contribution in [0.4, 0.5) is 0 Å². The van der Waals surface area contributed by atoms with Crippen LogP contribution in [0.5, 0.6) is 5.75 Å². The van der Waals surface area contributed by atoms with Crippen molar-refractivity contribution in [1.29, 1.82) is 0 Å². The lowest BCUT2D eigenvalue weighted by atomic mass is 10.2. The zero-order valence-electron chi connectivity index (χ0n) is 10.4. The lowest BCUT2D eigenvalue weighted by Gasteiger charge is -2.16. The molecule has 1 unspecified atom stereocenters. The van der Waals surface area contributed by atoms with Crippen LogP contribution in [-0.2, 0) is 4.79 Å². The number of nitrogens with two attached hydrogens (primary N) is 1. The van der Waals surface area contributed by atoms with Crippen molar-refractivity contribution in [3.05, 3.63) is 29.8 Å². The number of ether oxygens (including phenoxy) is 1. The quantitative estimate of drug-likeness (QED) is 0.780. The monoisotopic (exact) mass is 236 g/mol. The summed E-state index contributed by atoms with van der Waals surface area (Å²) in [5, 5.41) is 2.78. The van der Waals surface area contributed by atoms with Crippen LogP contribution >= 0.6 is 0 Å². The van der Waals surface area contributed by atoms with Crippen LogP contribution in [0.15, 0.2) is 24.3 Å². The Labute approximate surface area is 102 Å². The molecule has 0 aliphatic carbocycles. The maximum atomic E-state index is 11.2. The first-order valence-electron chi connectivity index (χ1n) is 5.82. The van der Waals surface area contributed by atoms with Gasteiger partial charge in [0.2, 0.25) is 5.91 Å². The molecule has 0 saturated carbocycles. The lowest BCUT2D eigenvalue weighted by Crippen LogP contribution is -2.34. The maximum Gasteiger partial charge on any atom is 0.221 e. The smallest absolute Gasteiger partial charge is 0.221 e. The fourth-order valence-electron chi connectivity index (χ4n) is 1.42. The van der Waals surface area contributed by atoms with Crippen molar-refractivity contribution >= 4 is 5.91 Å². The van der Waals surface area contributed by atoms with Crippen molar-refractivity contribution in [2.24, 2.45) is 5.73 Å². The third kappa shape index (κ3) is 4.87. The summed E-state index contributed by atoms with van der Waals surface area (Å²) in [4.78, 5) is 11.2. The molecular weight excluding hydrogens is 216 g/mol. The predicted octanol–water partition coefficient (Wildman–Crippen LogP) is 1.23. The molecule has 0 radical (unpaired) electrons. The molecule has 0 heterocycles. The van der Waals surface area contributed by atoms with E-state index in [1.165, 1.54) is 0 Å². The van der Waals surface area contributed by atoms with Crippen molar-refractivity contribution < 1.29 is 9.53 Å². The van der Waals surface area contributed by atoms with Crippen LogP contribution in [0.25, 0.3) is 0 Å². The Kier molecular flexibility index (Phi) is 5.49. The Morgan fingerprint density at radius 1 is 1.47 bits per heavy atom. The Morgan fingerprint density at radius 2 is 2.18 bits per heavy atom. The van der Waals surface area contributed by atoms with E-state index in [1.807, 2.05) is 38.1 Å². The van der Waals surface area contributed by atoms with Crippen LogP contribution < -0.4 is 15.8 Å². The SMILES string of the molecule is Cc1ccccc1OC(C)CNC(=O)CCN. The van der Waals surface area contributed by atoms with Gasteiger partial charge in [0, 0.05) is 13.0 Å². The lowest BCUT2D eigenvalue weighted by molar-refractivity contribution is -0.121. The molecule has 0 saturated heterocycles. The van der Waals surface area contributed by atoms with E-state index in [9.17, 15) is 4.79 Å². The number of rotatable bonds is 6. The molecule has 17 heavy (non-hydrogen) atoms. The molecule has 1 aromatic carbocycles. The maximum absolute atomic E-state index is 11.2. The fourth-order valence-corrected chi connectivity index (χ4v) is 1.42. The van der Waals surface area contributed by atoms with Gasteiger partial charge in [0.15, 0.2) is 0 Å². The third-order valence-corrected chi connectivity index (χ3v) is 2.38. The van der Waals surface area contributed by atoms with Crippen LogP contribution in [0.3, 0.4) is 0 Å². The predicted molar refractivity (Wildman–Crippen MR) is 68.0 cm³/mol. The third-order valence-electron chi connectivity index (χ3n) is 2.38. The van der Waals surface area contributed by atoms with Crippen molar-refractivity contribution in [2.45, 2.75) is 26.4 Å². The number of hydrogen-bond donors (Lipinski definition) is 2. The Bertz CT molecular complexity index is 366. The number of para-hydroxylation sites is 1. The second kappa shape index (κ2) is 6.91. The Morgan fingerprint density at radius 3 is 2.82 bits per heavy atom. The van der Waals surface area contributed by atoms with E-state index in [0.29, 0.717) is 19.5 Å². The first kappa shape index (κ1) is 13.5. The highest BCUT2D eigenvalue weighted by atomic mass is 16.5. The molecular formula is C13H20N2O2. The minimum atomic E-state index is -0.0576. The number of carbonyl (C=O) groups is 1. The van der Waals surface area contributed by atoms with Crippen LogP contribution in [-0.4, -0.2) is 25.1 Å². The number of aryl methyl sites for hydroxylation is 1. The van der Waals surface area contributed by atoms with Gasteiger partial charge in [0.25, 0.3) is 0 Å². The molecule has 0 bridgehead atoms. The highest BCUT2D eigenvalue weighted by molar-refractivity contribution is 5.76. The van der Waals surface area contributed by atoms with Crippen molar-refractivity contribution in [3.8, 4) is 5.75 Å². The normalized spacial score (nSPS) is 11.9. The second-order valence-corrected chi connectivity index (χ2v) is 4.04. The van der Waals surface area contributed by atoms with Crippen molar-refractivity contribution in [1.82, 2.24) is 5.32 Å². The standard InChI is InChI=1S/C13H20N2O2/c1-10-5-3-4-6-12(10)17-11(2)9-15-13(16)7-8-14/h3-6,11H,7-9,14H2,1-2H3,(H,15,16). The summed E-state index contributed by atoms with van der Waals surface area (Å²) in [7, 11) is 0. The van der Waals surface area contributed by atoms with Crippen molar-refractivity contribution in [3.63, 3.8) is 0 Å². The molecule has 1 aromatic rings. The van der Waals surface area contributed by atoms with Gasteiger partial charge in [0.05, 0.1) is 6.54 Å². The van der Waals surface area contributed by atoms with Crippen LogP contribution in [0.2, 0.25) is 0 Å². The van der Waals surface area contributed by atoms with Gasteiger partial charge in [-0.3, -0.25) is 4.79 Å². The summed E-state index contributed by atoms with van der Waals surface area (Å²) >= 11 is 0. The molecule has 4 nitrogen and oxygen atoms in total. The summed E-state index contributed by atoms with van der Waals surface area (Å²) < 4.78 is 5.73. The molecule has 0 aliphatic heterocycles. The minimum absolute atomic E-state index is 0.0345. The molecule has 0 aliphatic rings. The topological polar surface area (TPSA) is 64.3 Å². The zero-order chi connectivity index (χ0) is 12.7. The number of amides is 1. The van der Waals surface area contributed by atoms with Gasteiger partial charge >= 0.3 is 0 Å². The van der Waals surface area contributed by atoms with Crippen molar-refractivity contribution in [2.75, 3.05) is 13.1 Å². The first-order valence-corrected chi connectivity index (χ1v) is 5.82. The first-order chi connectivity index (χ1) is 8.13. The molecule has 1 amide bonds. The zero-order valence-corrected chi connectivity index (χ0v) is 10.4. The number of benzene rings is 1. The van der Waals surface area contributed by atoms with E-state index in [1.54, 1.807) is 0 Å². The average Bonchev–Trinajstić information content (AvgIpc) is 2.30. The summed E-state index contributed by atoms with van der Waals surface area (Å²) in [6.07, 6.45) is 0.301. The molecule has 1 atom stereocenters. The van der Waals surface area contributed by atoms with Crippen LogP contribution in [0.1, 0.15) is 18.9 Å². The van der Waals surface area contributed by atoms with Gasteiger partial charge in [-0.25, -0.2) is 0 Å². The Hall–Kier alpha value is -1.55. The summed E-state index contributed by atoms with van der Waals surface area (Å²) in [5.74, 6) is 0.820. The summed E-state index contributed by atoms with van der Waals surface area (Å²) in [6.45, 7) is 4.79. The number of nitrogens with one attached hydrogen (secondary N) is 1. The van der Waals surface area contributed by atoms with E-state index < -0.39 is 0 Å². The molecule has 3 N–H and O–H groups in total. The van der Waals surface area contributed by atoms with Crippen LogP contribution in [0, 0.1) is 6.92 Å². The second-order valence-electron chi connectivity index (χ2n) is 4.04. The summed E-state index contributed by atoms with van der Waals surface area (Å²) in [6, 6.07) is 7.82. The fraction of sp³-hybridized carbons (Fsp3) is 0.462. The van der Waals surface area contributed by atoms with Gasteiger partial charge in [-0.1, -0.05) is 18.2 Å². The molecule has 0 spiro atoms. The van der Waals surface area contributed by atoms with Gasteiger partial charge < -0.3 is 15.8 Å². The number of carbonyl (C=O) groups excluding carboxylic acids is 1. The molecule has 1 rings (SSSR count). The highest BCUT2D eigenvalue weighted by Crippen LogP contribution is 2.17. The molecule has 94 valence electrons. The number of hydrogen-bond acceptors (Lipinski definition) is 3. The molecule has 0 aromatic heterocycles. The highest BCUT2D eigenvalue weighted by Gasteiger charge is 2.07. The molecule has 0 fully saturated rings. The van der Waals surface area contributed by atoms with Gasteiger partial charge in [-0.2, -0.15) is 0 Å². The van der Waals surface area contributed by atoms with E-state index in [-0.39, 0.29) is 12.0 Å². The van der Waals surface area contributed by atoms with E-state index >= 15 is 0 Å². The van der Waals surface area contributed by atoms with E-state index in [0.717, 1.165) is 11.3 Å². The van der Waals surface area contributed by atoms with Gasteiger partial charge in [0.1, 0.15) is 11.9 Å². The largest absolute Gasteiger partial charge is 0.489 e. The minimum Gasteiger partial charge on any atom is -0.489 e. The Balaban J connectivity index is 2.37. The van der Waals surface area contributed by atoms with Gasteiger partial charge in [-0.15, -0.1) is 0 Å².